The molecule has 0 aliphatic heterocycles. The van der Waals surface area contributed by atoms with Crippen LogP contribution in [0.1, 0.15) is 27.9 Å². The van der Waals surface area contributed by atoms with Gasteiger partial charge in [0.25, 0.3) is 11.6 Å². The lowest BCUT2D eigenvalue weighted by Crippen LogP contribution is -2.32. The van der Waals surface area contributed by atoms with E-state index in [0.717, 1.165) is 0 Å². The lowest BCUT2D eigenvalue weighted by Gasteiger charge is -2.19. The standard InChI is InChI=1S/C19H15FN6O3/c1-25-9-8-21-18(25)16(12-4-2-3-5-14(12)20)22-19(27)17-13-10-11(26(28)29)6-7-15(13)23-24-17/h2-10,16H,1H3,(H,22,27)(H,23,24). The van der Waals surface area contributed by atoms with Crippen LogP contribution in [0.5, 0.6) is 0 Å². The van der Waals surface area contributed by atoms with Crippen molar-refractivity contribution in [3.05, 3.63) is 87.9 Å². The number of amides is 1. The third-order valence-electron chi connectivity index (χ3n) is 4.58. The number of nitro groups is 1. The van der Waals surface area contributed by atoms with Crippen LogP contribution in [0.25, 0.3) is 10.9 Å². The molecular formula is C19H15FN6O3. The van der Waals surface area contributed by atoms with Gasteiger partial charge < -0.3 is 9.88 Å². The van der Waals surface area contributed by atoms with E-state index in [-0.39, 0.29) is 16.9 Å². The smallest absolute Gasteiger partial charge is 0.273 e. The van der Waals surface area contributed by atoms with Crippen molar-refractivity contribution >= 4 is 22.5 Å². The summed E-state index contributed by atoms with van der Waals surface area (Å²) in [5.74, 6) is -0.689. The van der Waals surface area contributed by atoms with Crippen LogP contribution in [0.4, 0.5) is 10.1 Å². The second-order valence-corrected chi connectivity index (χ2v) is 6.38. The number of aromatic nitrogens is 4. The largest absolute Gasteiger partial charge is 0.336 e. The van der Waals surface area contributed by atoms with Crippen molar-refractivity contribution in [2.75, 3.05) is 0 Å². The van der Waals surface area contributed by atoms with Crippen LogP contribution in [0.2, 0.25) is 0 Å². The first-order valence-corrected chi connectivity index (χ1v) is 8.60. The van der Waals surface area contributed by atoms with Crippen LogP contribution in [-0.2, 0) is 7.05 Å². The number of aromatic amines is 1. The van der Waals surface area contributed by atoms with E-state index >= 15 is 0 Å². The molecule has 0 spiro atoms. The van der Waals surface area contributed by atoms with Gasteiger partial charge in [0, 0.05) is 42.5 Å². The lowest BCUT2D eigenvalue weighted by atomic mass is 10.0. The molecule has 0 saturated carbocycles. The number of aryl methyl sites for hydroxylation is 1. The second-order valence-electron chi connectivity index (χ2n) is 6.38. The summed E-state index contributed by atoms with van der Waals surface area (Å²) in [5.41, 5.74) is 0.517. The number of imidazole rings is 1. The summed E-state index contributed by atoms with van der Waals surface area (Å²) < 4.78 is 16.1. The van der Waals surface area contributed by atoms with E-state index in [1.807, 2.05) is 0 Å². The van der Waals surface area contributed by atoms with Gasteiger partial charge in [-0.05, 0) is 12.1 Å². The number of rotatable bonds is 5. The maximum Gasteiger partial charge on any atom is 0.273 e. The molecule has 0 bridgehead atoms. The number of benzene rings is 2. The summed E-state index contributed by atoms with van der Waals surface area (Å²) in [7, 11) is 1.73. The molecule has 146 valence electrons. The highest BCUT2D eigenvalue weighted by Gasteiger charge is 2.26. The summed E-state index contributed by atoms with van der Waals surface area (Å²) in [5, 5.41) is 20.8. The number of carbonyl (C=O) groups excluding carboxylic acids is 1. The Bertz CT molecular complexity index is 1230. The molecule has 10 heteroatoms. The van der Waals surface area contributed by atoms with Crippen LogP contribution in [0.15, 0.2) is 54.9 Å². The molecule has 9 nitrogen and oxygen atoms in total. The SMILES string of the molecule is Cn1ccnc1C(NC(=O)c1n[nH]c2ccc([N+](=O)[O-])cc12)c1ccccc1F. The molecule has 2 N–H and O–H groups in total. The normalized spacial score (nSPS) is 12.1. The summed E-state index contributed by atoms with van der Waals surface area (Å²) in [6.07, 6.45) is 3.23. The first-order chi connectivity index (χ1) is 14.0. The Hall–Kier alpha value is -4.08. The fraction of sp³-hybridized carbons (Fsp3) is 0.105. The minimum atomic E-state index is -0.880. The molecule has 4 aromatic rings. The zero-order chi connectivity index (χ0) is 20.5. The maximum absolute atomic E-state index is 14.5. The zero-order valence-electron chi connectivity index (χ0n) is 15.2. The molecule has 0 radical (unpaired) electrons. The molecule has 0 saturated heterocycles. The van der Waals surface area contributed by atoms with Gasteiger partial charge in [0.1, 0.15) is 17.7 Å². The quantitative estimate of drug-likeness (QED) is 0.398. The third-order valence-corrected chi connectivity index (χ3v) is 4.58. The van der Waals surface area contributed by atoms with Gasteiger partial charge in [-0.25, -0.2) is 9.37 Å². The van der Waals surface area contributed by atoms with Gasteiger partial charge in [-0.2, -0.15) is 5.10 Å². The van der Waals surface area contributed by atoms with Gasteiger partial charge in [-0.3, -0.25) is 20.0 Å². The van der Waals surface area contributed by atoms with Crippen molar-refractivity contribution in [2.24, 2.45) is 7.05 Å². The van der Waals surface area contributed by atoms with E-state index in [4.69, 9.17) is 0 Å². The fourth-order valence-corrected chi connectivity index (χ4v) is 3.13. The highest BCUT2D eigenvalue weighted by molar-refractivity contribution is 6.05. The number of hydrogen-bond donors (Lipinski definition) is 2. The Morgan fingerprint density at radius 2 is 2.10 bits per heavy atom. The van der Waals surface area contributed by atoms with Gasteiger partial charge in [0.15, 0.2) is 5.69 Å². The molecule has 1 amide bonds. The predicted octanol–water partition coefficient (Wildman–Crippen LogP) is 2.86. The van der Waals surface area contributed by atoms with Gasteiger partial charge >= 0.3 is 0 Å². The fourth-order valence-electron chi connectivity index (χ4n) is 3.13. The van der Waals surface area contributed by atoms with E-state index in [2.05, 4.69) is 20.5 Å². The number of hydrogen-bond acceptors (Lipinski definition) is 5. The topological polar surface area (TPSA) is 119 Å². The first-order valence-electron chi connectivity index (χ1n) is 8.60. The summed E-state index contributed by atoms with van der Waals surface area (Å²) in [4.78, 5) is 27.7. The lowest BCUT2D eigenvalue weighted by molar-refractivity contribution is -0.384. The Morgan fingerprint density at radius 3 is 2.79 bits per heavy atom. The molecule has 0 fully saturated rings. The summed E-state index contributed by atoms with van der Waals surface area (Å²) in [6, 6.07) is 9.25. The predicted molar refractivity (Wildman–Crippen MR) is 102 cm³/mol. The monoisotopic (exact) mass is 394 g/mol. The zero-order valence-corrected chi connectivity index (χ0v) is 15.2. The minimum Gasteiger partial charge on any atom is -0.336 e. The number of carbonyl (C=O) groups is 1. The molecule has 1 unspecified atom stereocenters. The van der Waals surface area contributed by atoms with Crippen molar-refractivity contribution in [1.82, 2.24) is 25.1 Å². The van der Waals surface area contributed by atoms with Crippen LogP contribution < -0.4 is 5.32 Å². The molecule has 2 aromatic heterocycles. The highest BCUT2D eigenvalue weighted by atomic mass is 19.1. The number of halogens is 1. The van der Waals surface area contributed by atoms with Gasteiger partial charge in [-0.15, -0.1) is 0 Å². The molecule has 1 atom stereocenters. The molecular weight excluding hydrogens is 379 g/mol. The van der Waals surface area contributed by atoms with Crippen molar-refractivity contribution in [3.8, 4) is 0 Å². The first kappa shape index (κ1) is 18.3. The molecule has 0 aliphatic rings. The van der Waals surface area contributed by atoms with E-state index in [9.17, 15) is 19.3 Å². The number of non-ortho nitro benzene ring substituents is 1. The summed E-state index contributed by atoms with van der Waals surface area (Å²) in [6.45, 7) is 0. The molecule has 0 aliphatic carbocycles. The Morgan fingerprint density at radius 1 is 1.31 bits per heavy atom. The Balaban J connectivity index is 1.75. The van der Waals surface area contributed by atoms with E-state index in [1.165, 1.54) is 24.3 Å². The Labute approximate surface area is 163 Å². The van der Waals surface area contributed by atoms with Crippen LogP contribution in [0, 0.1) is 15.9 Å². The number of H-pyrrole nitrogens is 1. The number of nitro benzene ring substituents is 1. The van der Waals surface area contributed by atoms with E-state index in [1.54, 1.807) is 42.2 Å². The number of fused-ring (bicyclic) bond motifs is 1. The average molecular weight is 394 g/mol. The third kappa shape index (κ3) is 3.31. The maximum atomic E-state index is 14.5. The van der Waals surface area contributed by atoms with Gasteiger partial charge in [0.05, 0.1) is 10.4 Å². The average Bonchev–Trinajstić information content (AvgIpc) is 3.32. The molecule has 2 aromatic carbocycles. The van der Waals surface area contributed by atoms with Gasteiger partial charge in [0.2, 0.25) is 0 Å². The van der Waals surface area contributed by atoms with E-state index in [0.29, 0.717) is 16.7 Å². The Kier molecular flexibility index (Phi) is 4.51. The molecule has 4 rings (SSSR count). The highest BCUT2D eigenvalue weighted by Crippen LogP contribution is 2.26. The minimum absolute atomic E-state index is 0.0285. The number of nitrogens with zero attached hydrogens (tertiary/aromatic N) is 4. The van der Waals surface area contributed by atoms with Crippen molar-refractivity contribution in [2.45, 2.75) is 6.04 Å². The second kappa shape index (κ2) is 7.15. The van der Waals surface area contributed by atoms with Crippen LogP contribution >= 0.6 is 0 Å². The van der Waals surface area contributed by atoms with Crippen LogP contribution in [-0.4, -0.2) is 30.6 Å². The van der Waals surface area contributed by atoms with Crippen molar-refractivity contribution in [3.63, 3.8) is 0 Å². The number of nitrogens with one attached hydrogen (secondary N) is 2. The van der Waals surface area contributed by atoms with Crippen LogP contribution in [0.3, 0.4) is 0 Å². The van der Waals surface area contributed by atoms with E-state index < -0.39 is 22.7 Å². The summed E-state index contributed by atoms with van der Waals surface area (Å²) >= 11 is 0. The molecule has 2 heterocycles. The van der Waals surface area contributed by atoms with Gasteiger partial charge in [-0.1, -0.05) is 18.2 Å². The van der Waals surface area contributed by atoms with Crippen molar-refractivity contribution < 1.29 is 14.1 Å². The van der Waals surface area contributed by atoms with Crippen molar-refractivity contribution in [1.29, 1.82) is 0 Å². The molecule has 29 heavy (non-hydrogen) atoms.